The van der Waals surface area contributed by atoms with Crippen LogP contribution >= 0.6 is 11.6 Å². The first-order valence-electron chi connectivity index (χ1n) is 5.78. The molecule has 0 saturated carbocycles. The third kappa shape index (κ3) is 1.92. The number of hydrogen-bond donors (Lipinski definition) is 1. The van der Waals surface area contributed by atoms with E-state index in [9.17, 15) is 0 Å². The molecule has 1 aromatic carbocycles. The van der Waals surface area contributed by atoms with E-state index in [4.69, 9.17) is 17.3 Å². The predicted octanol–water partition coefficient (Wildman–Crippen LogP) is 2.57. The number of fused-ring (bicyclic) bond motifs is 1. The van der Waals surface area contributed by atoms with Crippen LogP contribution < -0.4 is 5.73 Å². The summed E-state index contributed by atoms with van der Waals surface area (Å²) in [6, 6.07) is 5.55. The van der Waals surface area contributed by atoms with Gasteiger partial charge in [0.2, 0.25) is 5.28 Å². The molecule has 5 nitrogen and oxygen atoms in total. The van der Waals surface area contributed by atoms with E-state index in [1.807, 2.05) is 36.9 Å². The van der Waals surface area contributed by atoms with Gasteiger partial charge < -0.3 is 5.73 Å². The van der Waals surface area contributed by atoms with Crippen molar-refractivity contribution >= 4 is 28.2 Å². The van der Waals surface area contributed by atoms with E-state index in [0.717, 1.165) is 27.9 Å². The second kappa shape index (κ2) is 4.20. The number of rotatable bonds is 1. The summed E-state index contributed by atoms with van der Waals surface area (Å²) >= 11 is 5.86. The molecular weight excluding hydrogens is 262 g/mol. The molecule has 0 saturated heterocycles. The van der Waals surface area contributed by atoms with Crippen LogP contribution in [-0.4, -0.2) is 19.7 Å². The van der Waals surface area contributed by atoms with E-state index >= 15 is 0 Å². The van der Waals surface area contributed by atoms with Crippen molar-refractivity contribution in [1.82, 2.24) is 19.7 Å². The van der Waals surface area contributed by atoms with Crippen LogP contribution in [0.1, 0.15) is 5.69 Å². The molecule has 2 aromatic heterocycles. The number of halogens is 1. The highest BCUT2D eigenvalue weighted by atomic mass is 35.5. The maximum atomic E-state index is 5.93. The van der Waals surface area contributed by atoms with Crippen molar-refractivity contribution in [2.24, 2.45) is 7.05 Å². The Labute approximate surface area is 115 Å². The van der Waals surface area contributed by atoms with Crippen molar-refractivity contribution in [3.8, 4) is 11.3 Å². The maximum Gasteiger partial charge on any atom is 0.222 e. The van der Waals surface area contributed by atoms with Crippen LogP contribution in [0.25, 0.3) is 22.2 Å². The molecule has 6 heteroatoms. The van der Waals surface area contributed by atoms with E-state index in [1.54, 1.807) is 6.20 Å². The normalized spacial score (nSPS) is 11.1. The number of anilines is 1. The summed E-state index contributed by atoms with van der Waals surface area (Å²) < 4.78 is 1.83. The lowest BCUT2D eigenvalue weighted by Gasteiger charge is -2.05. The summed E-state index contributed by atoms with van der Waals surface area (Å²) in [5, 5.41) is 5.69. The molecule has 19 heavy (non-hydrogen) atoms. The molecule has 0 unspecified atom stereocenters. The van der Waals surface area contributed by atoms with Crippen LogP contribution in [0.5, 0.6) is 0 Å². The van der Waals surface area contributed by atoms with Crippen LogP contribution in [0.4, 0.5) is 5.69 Å². The fourth-order valence-corrected chi connectivity index (χ4v) is 2.34. The van der Waals surface area contributed by atoms with Crippen molar-refractivity contribution in [3.63, 3.8) is 0 Å². The summed E-state index contributed by atoms with van der Waals surface area (Å²) in [4.78, 5) is 8.14. The minimum absolute atomic E-state index is 0.217. The zero-order chi connectivity index (χ0) is 13.6. The molecule has 2 N–H and O–H groups in total. The highest BCUT2D eigenvalue weighted by molar-refractivity contribution is 6.28. The van der Waals surface area contributed by atoms with Crippen LogP contribution in [0.2, 0.25) is 5.28 Å². The maximum absolute atomic E-state index is 5.93. The van der Waals surface area contributed by atoms with E-state index in [1.165, 1.54) is 0 Å². The zero-order valence-corrected chi connectivity index (χ0v) is 11.3. The Morgan fingerprint density at radius 3 is 2.84 bits per heavy atom. The minimum atomic E-state index is 0.217. The Morgan fingerprint density at radius 1 is 1.32 bits per heavy atom. The average molecular weight is 274 g/mol. The van der Waals surface area contributed by atoms with Crippen molar-refractivity contribution in [2.45, 2.75) is 6.92 Å². The van der Waals surface area contributed by atoms with E-state index in [2.05, 4.69) is 15.1 Å². The van der Waals surface area contributed by atoms with Gasteiger partial charge in [-0.1, -0.05) is 0 Å². The van der Waals surface area contributed by atoms with Gasteiger partial charge in [0.25, 0.3) is 0 Å². The lowest BCUT2D eigenvalue weighted by Crippen LogP contribution is -1.92. The molecule has 3 aromatic rings. The Balaban J connectivity index is 2.39. The van der Waals surface area contributed by atoms with Crippen LogP contribution in [0, 0.1) is 6.92 Å². The molecule has 0 fully saturated rings. The van der Waals surface area contributed by atoms with Gasteiger partial charge in [-0.2, -0.15) is 5.10 Å². The van der Waals surface area contributed by atoms with E-state index < -0.39 is 0 Å². The molecule has 0 spiro atoms. The molecule has 96 valence electrons. The standard InChI is InChI=1S/C13H12ClN5/c1-7-12-9(10-3-4-16-13(14)17-10)5-8(15)6-11(12)18-19(7)2/h3-6H,15H2,1-2H3. The van der Waals surface area contributed by atoms with Crippen LogP contribution in [0.15, 0.2) is 24.4 Å². The molecule has 0 aliphatic carbocycles. The summed E-state index contributed by atoms with van der Waals surface area (Å²) in [5.74, 6) is 0. The molecule has 0 aliphatic heterocycles. The number of aromatic nitrogens is 4. The number of nitrogens with two attached hydrogens (primary N) is 1. The SMILES string of the molecule is Cc1c2c(-c3ccnc(Cl)n3)cc(N)cc2nn1C. The summed E-state index contributed by atoms with van der Waals surface area (Å²) in [5.41, 5.74) is 10.2. The second-order valence-electron chi connectivity index (χ2n) is 4.38. The number of hydrogen-bond acceptors (Lipinski definition) is 4. The fraction of sp³-hybridized carbons (Fsp3) is 0.154. The molecular formula is C13H12ClN5. The predicted molar refractivity (Wildman–Crippen MR) is 75.9 cm³/mol. The number of aryl methyl sites for hydroxylation is 2. The van der Waals surface area contributed by atoms with E-state index in [0.29, 0.717) is 5.69 Å². The van der Waals surface area contributed by atoms with Crippen molar-refractivity contribution < 1.29 is 0 Å². The smallest absolute Gasteiger partial charge is 0.222 e. The quantitative estimate of drug-likeness (QED) is 0.546. The first-order valence-corrected chi connectivity index (χ1v) is 6.16. The lowest BCUT2D eigenvalue weighted by molar-refractivity contribution is 0.751. The largest absolute Gasteiger partial charge is 0.399 e. The van der Waals surface area contributed by atoms with Gasteiger partial charge in [0, 0.05) is 35.6 Å². The molecule has 2 heterocycles. The molecule has 0 radical (unpaired) electrons. The van der Waals surface area contributed by atoms with Crippen molar-refractivity contribution in [1.29, 1.82) is 0 Å². The van der Waals surface area contributed by atoms with Gasteiger partial charge in [0.05, 0.1) is 11.2 Å². The van der Waals surface area contributed by atoms with Gasteiger partial charge >= 0.3 is 0 Å². The van der Waals surface area contributed by atoms with Gasteiger partial charge in [-0.05, 0) is 36.7 Å². The monoisotopic (exact) mass is 273 g/mol. The van der Waals surface area contributed by atoms with Crippen LogP contribution in [0.3, 0.4) is 0 Å². The summed E-state index contributed by atoms with van der Waals surface area (Å²) in [6.07, 6.45) is 1.63. The number of benzene rings is 1. The second-order valence-corrected chi connectivity index (χ2v) is 4.72. The molecule has 3 rings (SSSR count). The first kappa shape index (κ1) is 11.9. The van der Waals surface area contributed by atoms with Crippen molar-refractivity contribution in [3.05, 3.63) is 35.4 Å². The van der Waals surface area contributed by atoms with Crippen molar-refractivity contribution in [2.75, 3.05) is 5.73 Å². The fourth-order valence-electron chi connectivity index (χ4n) is 2.19. The van der Waals surface area contributed by atoms with Gasteiger partial charge in [-0.15, -0.1) is 0 Å². The van der Waals surface area contributed by atoms with Gasteiger partial charge in [0.15, 0.2) is 0 Å². The van der Waals surface area contributed by atoms with Crippen LogP contribution in [-0.2, 0) is 7.05 Å². The topological polar surface area (TPSA) is 69.6 Å². The average Bonchev–Trinajstić information content (AvgIpc) is 2.64. The Morgan fingerprint density at radius 2 is 2.11 bits per heavy atom. The first-order chi connectivity index (χ1) is 9.06. The third-order valence-electron chi connectivity index (χ3n) is 3.15. The highest BCUT2D eigenvalue weighted by Gasteiger charge is 2.13. The van der Waals surface area contributed by atoms with Gasteiger partial charge in [-0.3, -0.25) is 4.68 Å². The zero-order valence-electron chi connectivity index (χ0n) is 10.6. The van der Waals surface area contributed by atoms with E-state index in [-0.39, 0.29) is 5.28 Å². The minimum Gasteiger partial charge on any atom is -0.399 e. The van der Waals surface area contributed by atoms with Gasteiger partial charge in [-0.25, -0.2) is 9.97 Å². The molecule has 0 aliphatic rings. The molecule has 0 bridgehead atoms. The number of nitrogens with zero attached hydrogens (tertiary/aromatic N) is 4. The summed E-state index contributed by atoms with van der Waals surface area (Å²) in [6.45, 7) is 2.01. The number of nitrogen functional groups attached to an aromatic ring is 1. The summed E-state index contributed by atoms with van der Waals surface area (Å²) in [7, 11) is 1.91. The molecule has 0 atom stereocenters. The lowest BCUT2D eigenvalue weighted by atomic mass is 10.0. The highest BCUT2D eigenvalue weighted by Crippen LogP contribution is 2.32. The molecule has 0 amide bonds. The van der Waals surface area contributed by atoms with Gasteiger partial charge in [0.1, 0.15) is 0 Å². The Bertz CT molecular complexity index is 778. The Hall–Kier alpha value is -2.14. The Kier molecular flexibility index (Phi) is 2.64. The third-order valence-corrected chi connectivity index (χ3v) is 3.33.